The first kappa shape index (κ1) is 14.8. The first-order valence-corrected chi connectivity index (χ1v) is 8.62. The van der Waals surface area contributed by atoms with Gasteiger partial charge in [-0.05, 0) is 54.3 Å². The second-order valence-electron chi connectivity index (χ2n) is 4.46. The van der Waals surface area contributed by atoms with Crippen molar-refractivity contribution in [2.75, 3.05) is 4.90 Å². The molecule has 2 aromatic rings. The predicted molar refractivity (Wildman–Crippen MR) is 96.2 cm³/mol. The molecule has 0 saturated carbocycles. The second kappa shape index (κ2) is 5.93. The standard InChI is InChI=1S/C15H10ClNOS3/c1-9-6-7-20-12(9)8-13-14(18)17(15(19)21-13)11-4-2-10(16)3-5-11/h2-8H,1H3. The summed E-state index contributed by atoms with van der Waals surface area (Å²) < 4.78 is 0.544. The van der Waals surface area contributed by atoms with Crippen molar-refractivity contribution < 1.29 is 4.79 Å². The highest BCUT2D eigenvalue weighted by Gasteiger charge is 2.33. The molecule has 0 atom stereocenters. The molecule has 0 spiro atoms. The maximum absolute atomic E-state index is 12.6. The summed E-state index contributed by atoms with van der Waals surface area (Å²) in [7, 11) is 0. The number of carbonyl (C=O) groups excluding carboxylic acids is 1. The van der Waals surface area contributed by atoms with Crippen LogP contribution in [0.1, 0.15) is 10.4 Å². The van der Waals surface area contributed by atoms with Gasteiger partial charge in [0.2, 0.25) is 0 Å². The van der Waals surface area contributed by atoms with Crippen LogP contribution in [0, 0.1) is 6.92 Å². The van der Waals surface area contributed by atoms with E-state index < -0.39 is 0 Å². The van der Waals surface area contributed by atoms with E-state index in [4.69, 9.17) is 23.8 Å². The highest BCUT2D eigenvalue weighted by atomic mass is 35.5. The van der Waals surface area contributed by atoms with Crippen LogP contribution < -0.4 is 4.90 Å². The van der Waals surface area contributed by atoms with Gasteiger partial charge in [-0.25, -0.2) is 0 Å². The molecule has 1 amide bonds. The molecule has 3 rings (SSSR count). The van der Waals surface area contributed by atoms with Crippen molar-refractivity contribution in [1.82, 2.24) is 0 Å². The molecule has 0 bridgehead atoms. The molecule has 1 aliphatic heterocycles. The molecule has 2 heterocycles. The maximum Gasteiger partial charge on any atom is 0.270 e. The number of thioether (sulfide) groups is 1. The Morgan fingerprint density at radius 1 is 1.24 bits per heavy atom. The van der Waals surface area contributed by atoms with Crippen molar-refractivity contribution >= 4 is 68.9 Å². The third kappa shape index (κ3) is 2.92. The minimum absolute atomic E-state index is 0.0832. The van der Waals surface area contributed by atoms with E-state index in [0.717, 1.165) is 16.1 Å². The summed E-state index contributed by atoms with van der Waals surface area (Å²) in [6.45, 7) is 2.03. The monoisotopic (exact) mass is 351 g/mol. The topological polar surface area (TPSA) is 20.3 Å². The summed E-state index contributed by atoms with van der Waals surface area (Å²) in [4.78, 5) is 15.8. The molecule has 106 valence electrons. The summed E-state index contributed by atoms with van der Waals surface area (Å²) in [6, 6.07) is 9.14. The number of aryl methyl sites for hydroxylation is 1. The molecule has 0 unspecified atom stereocenters. The summed E-state index contributed by atoms with van der Waals surface area (Å²) in [5.41, 5.74) is 1.91. The van der Waals surface area contributed by atoms with Gasteiger partial charge in [0.05, 0.1) is 10.6 Å². The Morgan fingerprint density at radius 3 is 2.57 bits per heavy atom. The van der Waals surface area contributed by atoms with Gasteiger partial charge in [0.1, 0.15) is 0 Å². The third-order valence-corrected chi connectivity index (χ3v) is 5.56. The molecular formula is C15H10ClNOS3. The molecular weight excluding hydrogens is 342 g/mol. The number of carbonyl (C=O) groups is 1. The molecule has 0 radical (unpaired) electrons. The van der Waals surface area contributed by atoms with Gasteiger partial charge in [-0.2, -0.15) is 0 Å². The molecule has 0 aliphatic carbocycles. The Labute approximate surface area is 141 Å². The van der Waals surface area contributed by atoms with Crippen molar-refractivity contribution in [3.8, 4) is 0 Å². The Kier molecular flexibility index (Phi) is 4.17. The normalized spacial score (nSPS) is 17.0. The number of nitrogens with zero attached hydrogens (tertiary/aromatic N) is 1. The number of halogens is 1. The van der Waals surface area contributed by atoms with Crippen molar-refractivity contribution in [3.05, 3.63) is 56.1 Å². The van der Waals surface area contributed by atoms with Crippen molar-refractivity contribution in [2.45, 2.75) is 6.92 Å². The predicted octanol–water partition coefficient (Wildman–Crippen LogP) is 5.12. The first-order chi connectivity index (χ1) is 10.1. The quantitative estimate of drug-likeness (QED) is 0.553. The summed E-state index contributed by atoms with van der Waals surface area (Å²) in [5.74, 6) is -0.0832. The highest BCUT2D eigenvalue weighted by Crippen LogP contribution is 2.37. The van der Waals surface area contributed by atoms with Crippen LogP contribution in [0.3, 0.4) is 0 Å². The zero-order valence-electron chi connectivity index (χ0n) is 11.0. The van der Waals surface area contributed by atoms with Crippen LogP contribution in [0.5, 0.6) is 0 Å². The van der Waals surface area contributed by atoms with E-state index in [1.54, 1.807) is 40.5 Å². The maximum atomic E-state index is 12.6. The number of hydrogen-bond acceptors (Lipinski definition) is 4. The lowest BCUT2D eigenvalue weighted by molar-refractivity contribution is -0.113. The molecule has 21 heavy (non-hydrogen) atoms. The van der Waals surface area contributed by atoms with E-state index in [2.05, 4.69) is 0 Å². The lowest BCUT2D eigenvalue weighted by Crippen LogP contribution is -2.27. The van der Waals surface area contributed by atoms with Crippen LogP contribution >= 0.6 is 46.9 Å². The van der Waals surface area contributed by atoms with Gasteiger partial charge in [0, 0.05) is 9.90 Å². The molecule has 1 fully saturated rings. The van der Waals surface area contributed by atoms with Crippen molar-refractivity contribution in [2.24, 2.45) is 0 Å². The number of rotatable bonds is 2. The van der Waals surface area contributed by atoms with Crippen LogP contribution in [0.4, 0.5) is 5.69 Å². The van der Waals surface area contributed by atoms with Crippen LogP contribution in [0.2, 0.25) is 5.02 Å². The largest absolute Gasteiger partial charge is 0.270 e. The van der Waals surface area contributed by atoms with E-state index in [1.165, 1.54) is 11.8 Å². The Balaban J connectivity index is 1.94. The molecule has 6 heteroatoms. The second-order valence-corrected chi connectivity index (χ2v) is 7.52. The van der Waals surface area contributed by atoms with E-state index in [1.807, 2.05) is 24.4 Å². The first-order valence-electron chi connectivity index (χ1n) is 6.14. The van der Waals surface area contributed by atoms with E-state index >= 15 is 0 Å². The Bertz CT molecular complexity index is 749. The van der Waals surface area contributed by atoms with E-state index in [9.17, 15) is 4.79 Å². The van der Waals surface area contributed by atoms with Gasteiger partial charge in [-0.1, -0.05) is 35.6 Å². The van der Waals surface area contributed by atoms with E-state index in [0.29, 0.717) is 14.2 Å². The van der Waals surface area contributed by atoms with Crippen LogP contribution in [0.15, 0.2) is 40.6 Å². The van der Waals surface area contributed by atoms with Crippen LogP contribution in [0.25, 0.3) is 6.08 Å². The van der Waals surface area contributed by atoms with Gasteiger partial charge in [0.25, 0.3) is 5.91 Å². The van der Waals surface area contributed by atoms with Gasteiger partial charge >= 0.3 is 0 Å². The Morgan fingerprint density at radius 2 is 1.95 bits per heavy atom. The van der Waals surface area contributed by atoms with E-state index in [-0.39, 0.29) is 5.91 Å². The number of benzene rings is 1. The fourth-order valence-corrected chi connectivity index (χ4v) is 4.27. The average Bonchev–Trinajstić information content (AvgIpc) is 2.97. The zero-order valence-corrected chi connectivity index (χ0v) is 14.2. The van der Waals surface area contributed by atoms with Crippen LogP contribution in [-0.4, -0.2) is 10.2 Å². The third-order valence-electron chi connectivity index (χ3n) is 3.04. The van der Waals surface area contributed by atoms with Crippen molar-refractivity contribution in [1.29, 1.82) is 0 Å². The highest BCUT2D eigenvalue weighted by molar-refractivity contribution is 8.27. The summed E-state index contributed by atoms with van der Waals surface area (Å²) in [5, 5.41) is 2.65. The zero-order chi connectivity index (χ0) is 15.0. The molecule has 1 aromatic carbocycles. The number of thiocarbonyl (C=S) groups is 1. The van der Waals surface area contributed by atoms with Gasteiger partial charge in [-0.3, -0.25) is 9.69 Å². The SMILES string of the molecule is Cc1ccsc1C=C1SC(=S)N(c2ccc(Cl)cc2)C1=O. The number of hydrogen-bond donors (Lipinski definition) is 0. The van der Waals surface area contributed by atoms with Gasteiger partial charge in [0.15, 0.2) is 4.32 Å². The molecule has 1 saturated heterocycles. The van der Waals surface area contributed by atoms with Gasteiger partial charge < -0.3 is 0 Å². The number of anilines is 1. The van der Waals surface area contributed by atoms with Gasteiger partial charge in [-0.15, -0.1) is 11.3 Å². The average molecular weight is 352 g/mol. The van der Waals surface area contributed by atoms with Crippen molar-refractivity contribution in [3.63, 3.8) is 0 Å². The lowest BCUT2D eigenvalue weighted by atomic mass is 10.2. The fraction of sp³-hybridized carbons (Fsp3) is 0.0667. The van der Waals surface area contributed by atoms with Crippen LogP contribution in [-0.2, 0) is 4.79 Å². The molecule has 1 aromatic heterocycles. The smallest absolute Gasteiger partial charge is 0.268 e. The molecule has 2 nitrogen and oxygen atoms in total. The number of thiophene rings is 1. The minimum atomic E-state index is -0.0832. The molecule has 1 aliphatic rings. The number of amides is 1. The molecule has 0 N–H and O–H groups in total. The summed E-state index contributed by atoms with van der Waals surface area (Å²) >= 11 is 14.2. The summed E-state index contributed by atoms with van der Waals surface area (Å²) in [6.07, 6.45) is 1.91. The lowest BCUT2D eigenvalue weighted by Gasteiger charge is -2.14. The fourth-order valence-electron chi connectivity index (χ4n) is 1.93. The minimum Gasteiger partial charge on any atom is -0.268 e. The Hall–Kier alpha value is -1.14.